The molecule has 1 unspecified atom stereocenters. The van der Waals surface area contributed by atoms with E-state index in [1.165, 1.54) is 13.3 Å². The minimum absolute atomic E-state index is 0.158. The summed E-state index contributed by atoms with van der Waals surface area (Å²) < 4.78 is 12.1. The van der Waals surface area contributed by atoms with E-state index in [9.17, 15) is 9.59 Å². The lowest BCUT2D eigenvalue weighted by molar-refractivity contribution is -0.123. The third-order valence-corrected chi connectivity index (χ3v) is 6.89. The summed E-state index contributed by atoms with van der Waals surface area (Å²) >= 11 is 21.6. The zero-order chi connectivity index (χ0) is 28.5. The first kappa shape index (κ1) is 30.8. The van der Waals surface area contributed by atoms with Crippen LogP contribution in [0.25, 0.3) is 0 Å². The van der Waals surface area contributed by atoms with Crippen LogP contribution in [0.3, 0.4) is 0 Å². The zero-order valence-electron chi connectivity index (χ0n) is 21.4. The predicted molar refractivity (Wildman–Crippen MR) is 159 cm³/mol. The molecule has 0 fully saturated rings. The van der Waals surface area contributed by atoms with E-state index in [4.69, 9.17) is 44.3 Å². The molecule has 2 N–H and O–H groups in total. The second-order valence-electron chi connectivity index (χ2n) is 8.96. The normalized spacial score (nSPS) is 11.9. The van der Waals surface area contributed by atoms with Gasteiger partial charge in [-0.1, -0.05) is 54.7 Å². The Kier molecular flexibility index (Phi) is 11.5. The second kappa shape index (κ2) is 14.6. The zero-order valence-corrected chi connectivity index (χ0v) is 25.3. The average Bonchev–Trinajstić information content (AvgIpc) is 2.88. The van der Waals surface area contributed by atoms with Gasteiger partial charge >= 0.3 is 0 Å². The number of halogens is 4. The van der Waals surface area contributed by atoms with E-state index < -0.39 is 11.9 Å². The molecule has 1 atom stereocenters. The molecule has 0 radical (unpaired) electrons. The van der Waals surface area contributed by atoms with Gasteiger partial charge in [-0.2, -0.15) is 5.10 Å². The number of nitrogens with one attached hydrogen (secondary N) is 2. The van der Waals surface area contributed by atoms with Gasteiger partial charge in [-0.3, -0.25) is 9.59 Å². The molecular formula is C28H27BrCl3N3O4. The highest BCUT2D eigenvalue weighted by Gasteiger charge is 2.22. The first-order valence-electron chi connectivity index (χ1n) is 11.9. The van der Waals surface area contributed by atoms with Gasteiger partial charge in [0.05, 0.1) is 17.8 Å². The van der Waals surface area contributed by atoms with Crippen molar-refractivity contribution in [2.45, 2.75) is 32.9 Å². The number of ether oxygens (including phenoxy) is 2. The number of carbonyl (C=O) groups is 2. The van der Waals surface area contributed by atoms with Crippen LogP contribution in [-0.2, 0) is 11.4 Å². The Morgan fingerprint density at radius 1 is 1.03 bits per heavy atom. The number of hydrazone groups is 1. The van der Waals surface area contributed by atoms with Crippen LogP contribution in [0.2, 0.25) is 15.1 Å². The number of hydrogen-bond acceptors (Lipinski definition) is 5. The summed E-state index contributed by atoms with van der Waals surface area (Å²) in [6.07, 6.45) is 1.90. The molecule has 2 amide bonds. The number of hydrogen-bond donors (Lipinski definition) is 2. The molecule has 0 aliphatic carbocycles. The maximum atomic E-state index is 12.9. The molecule has 0 aliphatic rings. The first-order valence-corrected chi connectivity index (χ1v) is 13.8. The van der Waals surface area contributed by atoms with Crippen molar-refractivity contribution in [3.63, 3.8) is 0 Å². The molecule has 0 aliphatic heterocycles. The Balaban J connectivity index is 1.67. The van der Waals surface area contributed by atoms with Crippen LogP contribution in [-0.4, -0.2) is 31.2 Å². The number of rotatable bonds is 11. The van der Waals surface area contributed by atoms with Crippen molar-refractivity contribution in [3.8, 4) is 11.5 Å². The molecule has 11 heteroatoms. The molecular weight excluding hydrogens is 629 g/mol. The minimum atomic E-state index is -0.776. The van der Waals surface area contributed by atoms with Gasteiger partial charge in [0.25, 0.3) is 11.8 Å². The van der Waals surface area contributed by atoms with Gasteiger partial charge < -0.3 is 14.8 Å². The Hall–Kier alpha value is -2.78. The van der Waals surface area contributed by atoms with Gasteiger partial charge in [-0.15, -0.1) is 0 Å². The highest BCUT2D eigenvalue weighted by molar-refractivity contribution is 9.10. The quantitative estimate of drug-likeness (QED) is 0.168. The molecule has 0 saturated carbocycles. The fourth-order valence-corrected chi connectivity index (χ4v) is 4.70. The molecule has 3 aromatic carbocycles. The number of amides is 2. The number of carbonyl (C=O) groups excluding carboxylic acids is 2. The van der Waals surface area contributed by atoms with Crippen molar-refractivity contribution >= 4 is 68.8 Å². The van der Waals surface area contributed by atoms with Gasteiger partial charge in [0, 0.05) is 26.2 Å². The van der Waals surface area contributed by atoms with Crippen LogP contribution in [0, 0.1) is 5.92 Å². The van der Waals surface area contributed by atoms with Crippen molar-refractivity contribution in [1.29, 1.82) is 0 Å². The maximum absolute atomic E-state index is 12.9. The maximum Gasteiger partial charge on any atom is 0.262 e. The van der Waals surface area contributed by atoms with E-state index in [-0.39, 0.29) is 18.4 Å². The lowest BCUT2D eigenvalue weighted by atomic mass is 10.0. The van der Waals surface area contributed by atoms with E-state index >= 15 is 0 Å². The van der Waals surface area contributed by atoms with Crippen molar-refractivity contribution in [2.75, 3.05) is 7.11 Å². The summed E-state index contributed by atoms with van der Waals surface area (Å²) in [5.74, 6) is 0.279. The molecule has 7 nitrogen and oxygen atoms in total. The lowest BCUT2D eigenvalue weighted by Gasteiger charge is -2.19. The highest BCUT2D eigenvalue weighted by Crippen LogP contribution is 2.37. The van der Waals surface area contributed by atoms with E-state index in [0.29, 0.717) is 48.6 Å². The van der Waals surface area contributed by atoms with E-state index in [1.54, 1.807) is 54.6 Å². The second-order valence-corrected chi connectivity index (χ2v) is 11.1. The molecule has 0 bridgehead atoms. The molecule has 0 spiro atoms. The van der Waals surface area contributed by atoms with Crippen molar-refractivity contribution < 1.29 is 19.1 Å². The smallest absolute Gasteiger partial charge is 0.262 e. The number of benzene rings is 3. The van der Waals surface area contributed by atoms with Crippen LogP contribution in [0.5, 0.6) is 11.5 Å². The number of nitrogens with zero attached hydrogens (tertiary/aromatic N) is 1. The Morgan fingerprint density at radius 3 is 2.36 bits per heavy atom. The monoisotopic (exact) mass is 653 g/mol. The third-order valence-electron chi connectivity index (χ3n) is 5.46. The Bertz CT molecular complexity index is 1350. The SMILES string of the molecule is COc1cc(C=NNC(=O)C(CC(C)C)NC(=O)c2ccc(Cl)cc2)cc(Br)c1OCc1ccc(Cl)cc1Cl. The topological polar surface area (TPSA) is 89.0 Å². The van der Waals surface area contributed by atoms with Crippen molar-refractivity contribution in [1.82, 2.24) is 10.7 Å². The first-order chi connectivity index (χ1) is 18.6. The van der Waals surface area contributed by atoms with Gasteiger partial charge in [0.2, 0.25) is 0 Å². The van der Waals surface area contributed by atoms with Crippen LogP contribution in [0.4, 0.5) is 0 Å². The molecule has 0 saturated heterocycles. The van der Waals surface area contributed by atoms with E-state index in [1.807, 2.05) is 13.8 Å². The van der Waals surface area contributed by atoms with Crippen LogP contribution in [0.1, 0.15) is 41.8 Å². The average molecular weight is 656 g/mol. The van der Waals surface area contributed by atoms with Crippen molar-refractivity contribution in [2.24, 2.45) is 11.0 Å². The number of methoxy groups -OCH3 is 1. The summed E-state index contributed by atoms with van der Waals surface area (Å²) in [5, 5.41) is 8.41. The van der Waals surface area contributed by atoms with E-state index in [0.717, 1.165) is 5.56 Å². The molecule has 3 rings (SSSR count). The van der Waals surface area contributed by atoms with Gasteiger partial charge in [-0.05, 0) is 82.4 Å². The van der Waals surface area contributed by atoms with Gasteiger partial charge in [0.1, 0.15) is 12.6 Å². The third kappa shape index (κ3) is 9.14. The molecule has 206 valence electrons. The Morgan fingerprint density at radius 2 is 1.72 bits per heavy atom. The summed E-state index contributed by atoms with van der Waals surface area (Å²) in [5.41, 5.74) is 4.32. The fraction of sp³-hybridized carbons (Fsp3) is 0.250. The summed E-state index contributed by atoms with van der Waals surface area (Å²) in [4.78, 5) is 25.5. The molecule has 39 heavy (non-hydrogen) atoms. The molecule has 0 heterocycles. The minimum Gasteiger partial charge on any atom is -0.493 e. The van der Waals surface area contributed by atoms with E-state index in [2.05, 4.69) is 31.8 Å². The van der Waals surface area contributed by atoms with Crippen LogP contribution in [0.15, 0.2) is 64.2 Å². The summed E-state index contributed by atoms with van der Waals surface area (Å²) in [6, 6.07) is 14.3. The molecule has 0 aromatic heterocycles. The fourth-order valence-electron chi connectivity index (χ4n) is 3.54. The largest absolute Gasteiger partial charge is 0.493 e. The van der Waals surface area contributed by atoms with Gasteiger partial charge in [0.15, 0.2) is 11.5 Å². The van der Waals surface area contributed by atoms with Crippen molar-refractivity contribution in [3.05, 3.63) is 90.8 Å². The van der Waals surface area contributed by atoms with Crippen LogP contribution >= 0.6 is 50.7 Å². The Labute approximate surface area is 250 Å². The van der Waals surface area contributed by atoms with Gasteiger partial charge in [-0.25, -0.2) is 5.43 Å². The summed E-state index contributed by atoms with van der Waals surface area (Å²) in [6.45, 7) is 4.13. The standard InChI is InChI=1S/C28H27BrCl3N3O4/c1-16(2)10-24(34-27(36)18-4-7-20(30)8-5-18)28(37)35-33-14-17-11-22(29)26(25(12-17)38-3)39-15-19-6-9-21(31)13-23(19)32/h4-9,11-14,16,24H,10,15H2,1-3H3,(H,34,36)(H,35,37). The molecule has 3 aromatic rings. The predicted octanol–water partition coefficient (Wildman–Crippen LogP) is 7.29. The van der Waals surface area contributed by atoms with Crippen LogP contribution < -0.4 is 20.2 Å². The highest BCUT2D eigenvalue weighted by atomic mass is 79.9. The lowest BCUT2D eigenvalue weighted by Crippen LogP contribution is -2.46. The summed E-state index contributed by atoms with van der Waals surface area (Å²) in [7, 11) is 1.52.